The Morgan fingerprint density at radius 3 is 2.47 bits per heavy atom. The van der Waals surface area contributed by atoms with E-state index in [2.05, 4.69) is 20.4 Å². The topological polar surface area (TPSA) is 117 Å². The molecule has 0 bridgehead atoms. The van der Waals surface area contributed by atoms with Gasteiger partial charge in [0.15, 0.2) is 17.2 Å². The molecule has 5 rings (SSSR count). The third-order valence-electron chi connectivity index (χ3n) is 6.76. The molecule has 3 aromatic rings. The average molecular weight is 521 g/mol. The number of rotatable bonds is 8. The third kappa shape index (κ3) is 5.76. The van der Waals surface area contributed by atoms with Crippen molar-refractivity contribution in [3.05, 3.63) is 77.7 Å². The molecule has 0 aliphatic carbocycles. The highest BCUT2D eigenvalue weighted by Crippen LogP contribution is 2.33. The average Bonchev–Trinajstić information content (AvgIpc) is 3.46. The number of pyridine rings is 1. The summed E-state index contributed by atoms with van der Waals surface area (Å²) in [6, 6.07) is 14.1. The van der Waals surface area contributed by atoms with Crippen molar-refractivity contribution in [2.75, 3.05) is 32.8 Å². The van der Waals surface area contributed by atoms with Crippen LogP contribution in [0.3, 0.4) is 0 Å². The number of halogens is 1. The molecule has 2 aliphatic heterocycles. The Hall–Kier alpha value is -4.02. The first kappa shape index (κ1) is 25.6. The van der Waals surface area contributed by atoms with E-state index < -0.39 is 23.9 Å². The minimum atomic E-state index is -1.04. The molecule has 0 radical (unpaired) electrons. The van der Waals surface area contributed by atoms with Gasteiger partial charge in [-0.05, 0) is 55.8 Å². The van der Waals surface area contributed by atoms with Crippen LogP contribution in [0.2, 0.25) is 0 Å². The Labute approximate surface area is 219 Å². The van der Waals surface area contributed by atoms with Crippen molar-refractivity contribution >= 4 is 11.6 Å². The molecule has 38 heavy (non-hydrogen) atoms. The summed E-state index contributed by atoms with van der Waals surface area (Å²) in [6.07, 6.45) is 2.20. The van der Waals surface area contributed by atoms with Crippen LogP contribution < -0.4 is 14.8 Å². The van der Waals surface area contributed by atoms with E-state index in [0.29, 0.717) is 53.6 Å². The van der Waals surface area contributed by atoms with E-state index in [4.69, 9.17) is 9.47 Å². The number of carbonyl (C=O) groups excluding carboxylic acids is 1. The van der Waals surface area contributed by atoms with Crippen molar-refractivity contribution in [1.29, 1.82) is 0 Å². The molecular formula is C28H29FN4O5. The number of oxime groups is 1. The van der Waals surface area contributed by atoms with Gasteiger partial charge in [0.2, 0.25) is 0 Å². The summed E-state index contributed by atoms with van der Waals surface area (Å²) in [4.78, 5) is 19.5. The second-order valence-corrected chi connectivity index (χ2v) is 9.32. The first-order valence-electron chi connectivity index (χ1n) is 12.6. The Kier molecular flexibility index (Phi) is 7.81. The molecule has 3 heterocycles. The standard InChI is InChI=1S/C28H29FN4O5/c29-21-8-9-22(30-16-21)18-3-5-19(6-4-18)26(32-36)28(35)31-23(17-33-11-1-2-12-33)27(34)20-7-10-24-25(15-20)38-14-13-37-24/h3-10,15-16,23,27,34,36H,1-2,11-14,17H2,(H,31,35)/b32-26+/t23-,27-/m1/s1. The van der Waals surface area contributed by atoms with Crippen molar-refractivity contribution in [2.24, 2.45) is 5.16 Å². The van der Waals surface area contributed by atoms with Crippen LogP contribution in [-0.4, -0.2) is 70.7 Å². The van der Waals surface area contributed by atoms with Gasteiger partial charge in [-0.2, -0.15) is 0 Å². The summed E-state index contributed by atoms with van der Waals surface area (Å²) in [6.45, 7) is 3.06. The fourth-order valence-electron chi connectivity index (χ4n) is 4.76. The molecule has 1 saturated heterocycles. The molecule has 0 unspecified atom stereocenters. The van der Waals surface area contributed by atoms with Gasteiger partial charge in [0, 0.05) is 17.7 Å². The largest absolute Gasteiger partial charge is 0.486 e. The van der Waals surface area contributed by atoms with Gasteiger partial charge < -0.3 is 30.0 Å². The zero-order valence-electron chi connectivity index (χ0n) is 20.7. The first-order valence-corrected chi connectivity index (χ1v) is 12.6. The second kappa shape index (κ2) is 11.6. The lowest BCUT2D eigenvalue weighted by atomic mass is 9.99. The summed E-state index contributed by atoms with van der Waals surface area (Å²) >= 11 is 0. The van der Waals surface area contributed by atoms with Crippen molar-refractivity contribution in [3.8, 4) is 22.8 Å². The van der Waals surface area contributed by atoms with E-state index >= 15 is 0 Å². The van der Waals surface area contributed by atoms with Gasteiger partial charge in [-0.15, -0.1) is 0 Å². The highest BCUT2D eigenvalue weighted by atomic mass is 19.1. The van der Waals surface area contributed by atoms with Crippen LogP contribution in [0.25, 0.3) is 11.3 Å². The van der Waals surface area contributed by atoms with Gasteiger partial charge in [-0.25, -0.2) is 4.39 Å². The smallest absolute Gasteiger partial charge is 0.274 e. The zero-order valence-corrected chi connectivity index (χ0v) is 20.7. The number of aromatic nitrogens is 1. The van der Waals surface area contributed by atoms with Crippen LogP contribution in [-0.2, 0) is 4.79 Å². The molecule has 3 N–H and O–H groups in total. The van der Waals surface area contributed by atoms with Crippen molar-refractivity contribution in [1.82, 2.24) is 15.2 Å². The van der Waals surface area contributed by atoms with Crippen LogP contribution in [0.4, 0.5) is 4.39 Å². The number of hydrogen-bond acceptors (Lipinski definition) is 8. The van der Waals surface area contributed by atoms with Crippen LogP contribution in [0.15, 0.2) is 65.9 Å². The van der Waals surface area contributed by atoms with Crippen LogP contribution in [0, 0.1) is 5.82 Å². The molecule has 9 nitrogen and oxygen atoms in total. The molecule has 198 valence electrons. The van der Waals surface area contributed by atoms with Crippen molar-refractivity contribution < 1.29 is 29.0 Å². The minimum Gasteiger partial charge on any atom is -0.486 e. The molecule has 2 aliphatic rings. The second-order valence-electron chi connectivity index (χ2n) is 9.32. The van der Waals surface area contributed by atoms with E-state index in [1.165, 1.54) is 6.07 Å². The van der Waals surface area contributed by atoms with Gasteiger partial charge in [-0.3, -0.25) is 9.78 Å². The van der Waals surface area contributed by atoms with Gasteiger partial charge in [-0.1, -0.05) is 35.5 Å². The van der Waals surface area contributed by atoms with Crippen molar-refractivity contribution in [2.45, 2.75) is 25.0 Å². The summed E-state index contributed by atoms with van der Waals surface area (Å²) in [5, 5.41) is 27.2. The molecule has 2 aromatic carbocycles. The fraction of sp³-hybridized carbons (Fsp3) is 0.321. The maximum atomic E-state index is 13.3. The number of ether oxygens (including phenoxy) is 2. The Balaban J connectivity index is 1.34. The molecule has 0 saturated carbocycles. The third-order valence-corrected chi connectivity index (χ3v) is 6.76. The lowest BCUT2D eigenvalue weighted by Crippen LogP contribution is -2.48. The van der Waals surface area contributed by atoms with Crippen LogP contribution >= 0.6 is 0 Å². The summed E-state index contributed by atoms with van der Waals surface area (Å²) in [7, 11) is 0. The van der Waals surface area contributed by atoms with Crippen LogP contribution in [0.1, 0.15) is 30.1 Å². The van der Waals surface area contributed by atoms with Gasteiger partial charge in [0.1, 0.15) is 25.1 Å². The number of nitrogens with zero attached hydrogens (tertiary/aromatic N) is 3. The monoisotopic (exact) mass is 520 g/mol. The van der Waals surface area contributed by atoms with Gasteiger partial charge >= 0.3 is 0 Å². The summed E-state index contributed by atoms with van der Waals surface area (Å²) in [5.41, 5.74) is 2.05. The minimum absolute atomic E-state index is 0.190. The number of amides is 1. The predicted molar refractivity (Wildman–Crippen MR) is 138 cm³/mol. The molecule has 2 atom stereocenters. The number of aliphatic hydroxyl groups excluding tert-OH is 1. The molecule has 1 fully saturated rings. The molecule has 10 heteroatoms. The zero-order chi connectivity index (χ0) is 26.5. The van der Waals surface area contributed by atoms with E-state index in [1.807, 2.05) is 0 Å². The van der Waals surface area contributed by atoms with E-state index in [0.717, 1.165) is 32.1 Å². The molecule has 1 aromatic heterocycles. The Morgan fingerprint density at radius 2 is 1.79 bits per heavy atom. The van der Waals surface area contributed by atoms with Crippen LogP contribution in [0.5, 0.6) is 11.5 Å². The predicted octanol–water partition coefficient (Wildman–Crippen LogP) is 3.15. The van der Waals surface area contributed by atoms with E-state index in [1.54, 1.807) is 48.5 Å². The Morgan fingerprint density at radius 1 is 1.05 bits per heavy atom. The van der Waals surface area contributed by atoms with Crippen molar-refractivity contribution in [3.63, 3.8) is 0 Å². The highest BCUT2D eigenvalue weighted by molar-refractivity contribution is 6.45. The van der Waals surface area contributed by atoms with Gasteiger partial charge in [0.05, 0.1) is 17.9 Å². The summed E-state index contributed by atoms with van der Waals surface area (Å²) in [5.74, 6) is 0.105. The normalized spacial score (nSPS) is 17.2. The molecule has 0 spiro atoms. The SMILES string of the molecule is O=C(N[C@H](CN1CCCC1)[C@H](O)c1ccc2c(c1)OCCO2)/C(=N/O)c1ccc(-c2ccc(F)cn2)cc1. The fourth-order valence-corrected chi connectivity index (χ4v) is 4.76. The number of likely N-dealkylation sites (tertiary alicyclic amines) is 1. The maximum Gasteiger partial charge on any atom is 0.274 e. The lowest BCUT2D eigenvalue weighted by molar-refractivity contribution is -0.116. The number of fused-ring (bicyclic) bond motifs is 1. The summed E-state index contributed by atoms with van der Waals surface area (Å²) < 4.78 is 24.4. The first-order chi connectivity index (χ1) is 18.5. The quantitative estimate of drug-likeness (QED) is 0.237. The highest BCUT2D eigenvalue weighted by Gasteiger charge is 2.29. The number of aliphatic hydroxyl groups is 1. The number of hydrogen-bond donors (Lipinski definition) is 3. The number of nitrogens with one attached hydrogen (secondary N) is 1. The number of carbonyl (C=O) groups is 1. The maximum absolute atomic E-state index is 13.3. The van der Waals surface area contributed by atoms with E-state index in [9.17, 15) is 19.5 Å². The van der Waals surface area contributed by atoms with E-state index in [-0.39, 0.29) is 5.71 Å². The molecule has 1 amide bonds. The molecular weight excluding hydrogens is 491 g/mol. The Bertz CT molecular complexity index is 1290. The number of benzene rings is 2. The lowest BCUT2D eigenvalue weighted by Gasteiger charge is -2.29. The van der Waals surface area contributed by atoms with Gasteiger partial charge in [0.25, 0.3) is 5.91 Å².